The second kappa shape index (κ2) is 4.88. The molecule has 1 aliphatic carbocycles. The summed E-state index contributed by atoms with van der Waals surface area (Å²) in [7, 11) is 0. The molecule has 0 atom stereocenters. The fourth-order valence-corrected chi connectivity index (χ4v) is 2.43. The molecule has 1 aromatic heterocycles. The number of halogens is 3. The van der Waals surface area contributed by atoms with Gasteiger partial charge in [0.05, 0.1) is 17.7 Å². The van der Waals surface area contributed by atoms with E-state index in [-0.39, 0.29) is 18.2 Å². The van der Waals surface area contributed by atoms with Crippen LogP contribution in [0.5, 0.6) is 0 Å². The van der Waals surface area contributed by atoms with Gasteiger partial charge in [0.25, 0.3) is 0 Å². The lowest BCUT2D eigenvalue weighted by Crippen LogP contribution is -2.39. The number of aliphatic hydroxyl groups excluding tert-OH is 1. The van der Waals surface area contributed by atoms with Crippen LogP contribution in [0.2, 0.25) is 0 Å². The molecule has 4 nitrogen and oxygen atoms in total. The predicted octanol–water partition coefficient (Wildman–Crippen LogP) is 2.40. The van der Waals surface area contributed by atoms with Crippen molar-refractivity contribution in [3.05, 3.63) is 17.7 Å². The molecule has 19 heavy (non-hydrogen) atoms. The van der Waals surface area contributed by atoms with Crippen LogP contribution < -0.4 is 11.1 Å². The maximum Gasteiger partial charge on any atom is 0.416 e. The van der Waals surface area contributed by atoms with E-state index in [9.17, 15) is 18.3 Å². The summed E-state index contributed by atoms with van der Waals surface area (Å²) in [6.07, 6.45) is -1.18. The molecule has 1 saturated carbocycles. The summed E-state index contributed by atoms with van der Waals surface area (Å²) in [4.78, 5) is 3.86. The van der Waals surface area contributed by atoms with Gasteiger partial charge in [-0.25, -0.2) is 4.98 Å². The molecule has 0 aromatic carbocycles. The van der Waals surface area contributed by atoms with Crippen LogP contribution in [0.25, 0.3) is 0 Å². The van der Waals surface area contributed by atoms with E-state index in [1.165, 1.54) is 0 Å². The number of alkyl halides is 3. The lowest BCUT2D eigenvalue weighted by Gasteiger charge is -2.29. The number of nitrogens with two attached hydrogens (primary N) is 1. The average Bonchev–Trinajstić information content (AvgIpc) is 2.76. The van der Waals surface area contributed by atoms with Gasteiger partial charge in [-0.2, -0.15) is 13.2 Å². The number of nitrogen functional groups attached to an aromatic ring is 1. The minimum Gasteiger partial charge on any atom is -0.394 e. The third kappa shape index (κ3) is 3.09. The van der Waals surface area contributed by atoms with Crippen molar-refractivity contribution in [1.82, 2.24) is 4.98 Å². The maximum atomic E-state index is 12.7. The molecule has 1 fully saturated rings. The highest BCUT2D eigenvalue weighted by molar-refractivity contribution is 5.49. The molecule has 0 unspecified atom stereocenters. The molecule has 1 heterocycles. The first-order chi connectivity index (χ1) is 8.85. The van der Waals surface area contributed by atoms with E-state index in [1.807, 2.05) is 0 Å². The fourth-order valence-electron chi connectivity index (χ4n) is 2.43. The maximum absolute atomic E-state index is 12.7. The highest BCUT2D eigenvalue weighted by Gasteiger charge is 2.35. The Balaban J connectivity index is 2.27. The Morgan fingerprint density at radius 2 is 1.95 bits per heavy atom. The number of anilines is 2. The highest BCUT2D eigenvalue weighted by atomic mass is 19.4. The van der Waals surface area contributed by atoms with Crippen LogP contribution in [0.1, 0.15) is 31.2 Å². The Morgan fingerprint density at radius 1 is 1.32 bits per heavy atom. The first-order valence-electron chi connectivity index (χ1n) is 6.08. The van der Waals surface area contributed by atoms with Crippen LogP contribution in [-0.2, 0) is 6.18 Å². The van der Waals surface area contributed by atoms with E-state index in [4.69, 9.17) is 5.73 Å². The first-order valence-corrected chi connectivity index (χ1v) is 6.08. The number of hydrogen-bond acceptors (Lipinski definition) is 4. The molecule has 0 aliphatic heterocycles. The second-order valence-electron chi connectivity index (χ2n) is 4.93. The number of nitrogens with one attached hydrogen (secondary N) is 1. The van der Waals surface area contributed by atoms with E-state index in [0.717, 1.165) is 25.0 Å². The molecule has 4 N–H and O–H groups in total. The van der Waals surface area contributed by atoms with Gasteiger partial charge in [0.15, 0.2) is 0 Å². The monoisotopic (exact) mass is 275 g/mol. The molecule has 0 bridgehead atoms. The number of nitrogens with zero attached hydrogens (tertiary/aromatic N) is 1. The fraction of sp³-hybridized carbons (Fsp3) is 0.583. The Kier molecular flexibility index (Phi) is 3.58. The summed E-state index contributed by atoms with van der Waals surface area (Å²) >= 11 is 0. The number of aromatic nitrogens is 1. The number of hydrogen-bond donors (Lipinski definition) is 3. The summed E-state index contributed by atoms with van der Waals surface area (Å²) in [5.74, 6) is -0.133. The van der Waals surface area contributed by atoms with Crippen LogP contribution in [0, 0.1) is 0 Å². The Hall–Kier alpha value is -1.50. The predicted molar refractivity (Wildman–Crippen MR) is 65.6 cm³/mol. The highest BCUT2D eigenvalue weighted by Crippen LogP contribution is 2.35. The van der Waals surface area contributed by atoms with Crippen molar-refractivity contribution in [2.45, 2.75) is 37.4 Å². The molecule has 1 aliphatic rings. The third-order valence-corrected chi connectivity index (χ3v) is 3.43. The van der Waals surface area contributed by atoms with Crippen molar-refractivity contribution in [3.63, 3.8) is 0 Å². The molecule has 106 valence electrons. The lowest BCUT2D eigenvalue weighted by atomic mass is 9.99. The van der Waals surface area contributed by atoms with Crippen molar-refractivity contribution in [3.8, 4) is 0 Å². The average molecular weight is 275 g/mol. The Bertz CT molecular complexity index is 456. The zero-order valence-corrected chi connectivity index (χ0v) is 10.3. The molecule has 2 rings (SSSR count). The molecule has 7 heteroatoms. The van der Waals surface area contributed by atoms with Gasteiger partial charge in [0, 0.05) is 0 Å². The third-order valence-electron chi connectivity index (χ3n) is 3.43. The van der Waals surface area contributed by atoms with Crippen LogP contribution in [0.15, 0.2) is 12.1 Å². The molecule has 0 radical (unpaired) electrons. The molecular weight excluding hydrogens is 259 g/mol. The van der Waals surface area contributed by atoms with Gasteiger partial charge >= 0.3 is 6.18 Å². The molecular formula is C12H16F3N3O. The zero-order chi connectivity index (χ0) is 14.1. The van der Waals surface area contributed by atoms with E-state index >= 15 is 0 Å². The van der Waals surface area contributed by atoms with Crippen molar-refractivity contribution in [2.75, 3.05) is 17.7 Å². The van der Waals surface area contributed by atoms with Crippen LogP contribution in [0.3, 0.4) is 0 Å². The Morgan fingerprint density at radius 3 is 2.47 bits per heavy atom. The quantitative estimate of drug-likeness (QED) is 0.792. The van der Waals surface area contributed by atoms with Crippen LogP contribution in [0.4, 0.5) is 24.8 Å². The van der Waals surface area contributed by atoms with Crippen molar-refractivity contribution < 1.29 is 18.3 Å². The number of aliphatic hydroxyl groups is 1. The van der Waals surface area contributed by atoms with E-state index in [2.05, 4.69) is 10.3 Å². The Labute approximate surface area is 108 Å². The van der Waals surface area contributed by atoms with Gasteiger partial charge in [-0.1, -0.05) is 12.8 Å². The van der Waals surface area contributed by atoms with E-state index in [1.54, 1.807) is 0 Å². The smallest absolute Gasteiger partial charge is 0.394 e. The lowest BCUT2D eigenvalue weighted by molar-refractivity contribution is -0.137. The van der Waals surface area contributed by atoms with E-state index < -0.39 is 17.3 Å². The minimum absolute atomic E-state index is 0.0586. The van der Waals surface area contributed by atoms with Crippen molar-refractivity contribution >= 4 is 11.6 Å². The summed E-state index contributed by atoms with van der Waals surface area (Å²) in [6, 6.07) is 1.72. The SMILES string of the molecule is Nc1cc(C(F)(F)F)cc(NC2(CO)CCCC2)n1. The van der Waals surface area contributed by atoms with Gasteiger partial charge in [0.1, 0.15) is 11.6 Å². The van der Waals surface area contributed by atoms with Crippen molar-refractivity contribution in [1.29, 1.82) is 0 Å². The standard InChI is InChI=1S/C12H16F3N3O/c13-12(14,15)8-5-9(16)17-10(6-8)18-11(7-19)3-1-2-4-11/h5-6,19H,1-4,7H2,(H3,16,17,18). The zero-order valence-electron chi connectivity index (χ0n) is 10.3. The van der Waals surface area contributed by atoms with Gasteiger partial charge in [-0.3, -0.25) is 0 Å². The van der Waals surface area contributed by atoms with E-state index in [0.29, 0.717) is 12.8 Å². The van der Waals surface area contributed by atoms with Gasteiger partial charge in [-0.15, -0.1) is 0 Å². The number of pyridine rings is 1. The summed E-state index contributed by atoms with van der Waals surface area (Å²) in [5, 5.41) is 12.3. The molecule has 0 saturated heterocycles. The first kappa shape index (κ1) is 13.9. The summed E-state index contributed by atoms with van der Waals surface area (Å²) < 4.78 is 38.0. The molecule has 1 aromatic rings. The van der Waals surface area contributed by atoms with Gasteiger partial charge in [-0.05, 0) is 25.0 Å². The van der Waals surface area contributed by atoms with Gasteiger partial charge in [0.2, 0.25) is 0 Å². The largest absolute Gasteiger partial charge is 0.416 e. The minimum atomic E-state index is -4.46. The van der Waals surface area contributed by atoms with Crippen LogP contribution >= 0.6 is 0 Å². The van der Waals surface area contributed by atoms with Gasteiger partial charge < -0.3 is 16.2 Å². The normalized spacial score (nSPS) is 18.5. The summed E-state index contributed by atoms with van der Waals surface area (Å²) in [6.45, 7) is -0.134. The molecule has 0 amide bonds. The van der Waals surface area contributed by atoms with Crippen LogP contribution in [-0.4, -0.2) is 22.2 Å². The molecule has 0 spiro atoms. The topological polar surface area (TPSA) is 71.2 Å². The van der Waals surface area contributed by atoms with Crippen molar-refractivity contribution in [2.24, 2.45) is 0 Å². The summed E-state index contributed by atoms with van der Waals surface area (Å²) in [5.41, 5.74) is 3.98. The number of rotatable bonds is 3. The second-order valence-corrected chi connectivity index (χ2v) is 4.93.